The second-order valence-electron chi connectivity index (χ2n) is 4.34. The fraction of sp³-hybridized carbons (Fsp3) is 0.133. The molecule has 0 saturated heterocycles. The van der Waals surface area contributed by atoms with E-state index >= 15 is 0 Å². The third kappa shape index (κ3) is 3.46. The van der Waals surface area contributed by atoms with Crippen LogP contribution in [0.3, 0.4) is 0 Å². The minimum atomic E-state index is -3.82. The van der Waals surface area contributed by atoms with Crippen molar-refractivity contribution in [3.8, 4) is 5.75 Å². The summed E-state index contributed by atoms with van der Waals surface area (Å²) in [6.07, 6.45) is 0. The molecule has 0 saturated carbocycles. The summed E-state index contributed by atoms with van der Waals surface area (Å²) in [7, 11) is -2.42. The first kappa shape index (κ1) is 15.2. The van der Waals surface area contributed by atoms with Crippen LogP contribution in [0, 0.1) is 5.82 Å². The number of Topliss-reactive ketones (excluding diaryl/α,β-unsaturated/α-hetero) is 1. The van der Waals surface area contributed by atoms with Gasteiger partial charge in [0, 0.05) is 0 Å². The van der Waals surface area contributed by atoms with Gasteiger partial charge in [0.15, 0.2) is 15.6 Å². The van der Waals surface area contributed by atoms with Crippen LogP contribution in [-0.2, 0) is 9.84 Å². The molecular weight excluding hydrogens is 295 g/mol. The van der Waals surface area contributed by atoms with Crippen molar-refractivity contribution in [3.63, 3.8) is 0 Å². The van der Waals surface area contributed by atoms with Crippen LogP contribution in [-0.4, -0.2) is 27.1 Å². The highest BCUT2D eigenvalue weighted by molar-refractivity contribution is 7.92. The smallest absolute Gasteiger partial charge is 0.185 e. The summed E-state index contributed by atoms with van der Waals surface area (Å²) in [6, 6.07) is 10.8. The Bertz CT molecular complexity index is 751. The molecule has 2 aromatic rings. The number of ketones is 1. The van der Waals surface area contributed by atoms with E-state index in [1.165, 1.54) is 13.2 Å². The van der Waals surface area contributed by atoms with Crippen LogP contribution >= 0.6 is 0 Å². The van der Waals surface area contributed by atoms with E-state index in [0.717, 1.165) is 24.3 Å². The van der Waals surface area contributed by atoms with Crippen molar-refractivity contribution in [1.29, 1.82) is 0 Å². The van der Waals surface area contributed by atoms with Crippen LogP contribution in [0.2, 0.25) is 0 Å². The average Bonchev–Trinajstić information content (AvgIpc) is 2.47. The van der Waals surface area contributed by atoms with Crippen molar-refractivity contribution in [2.24, 2.45) is 0 Å². The van der Waals surface area contributed by atoms with Crippen LogP contribution in [0.1, 0.15) is 10.4 Å². The Balaban J connectivity index is 2.28. The number of methoxy groups -OCH3 is 1. The quantitative estimate of drug-likeness (QED) is 0.629. The van der Waals surface area contributed by atoms with E-state index in [9.17, 15) is 17.6 Å². The van der Waals surface area contributed by atoms with Gasteiger partial charge in [-0.2, -0.15) is 0 Å². The maximum Gasteiger partial charge on any atom is 0.185 e. The van der Waals surface area contributed by atoms with Gasteiger partial charge in [-0.3, -0.25) is 4.79 Å². The van der Waals surface area contributed by atoms with Crippen LogP contribution in [0.25, 0.3) is 0 Å². The van der Waals surface area contributed by atoms with Gasteiger partial charge >= 0.3 is 0 Å². The summed E-state index contributed by atoms with van der Waals surface area (Å²) >= 11 is 0. The van der Waals surface area contributed by atoms with E-state index in [1.54, 1.807) is 18.2 Å². The molecule has 4 nitrogen and oxygen atoms in total. The fourth-order valence-electron chi connectivity index (χ4n) is 1.85. The molecule has 0 N–H and O–H groups in total. The lowest BCUT2D eigenvalue weighted by atomic mass is 10.1. The second kappa shape index (κ2) is 6.05. The van der Waals surface area contributed by atoms with Gasteiger partial charge in [0.25, 0.3) is 0 Å². The molecule has 2 rings (SSSR count). The maximum absolute atomic E-state index is 12.8. The Hall–Kier alpha value is -2.21. The number of para-hydroxylation sites is 1. The number of benzene rings is 2. The molecule has 0 heterocycles. The van der Waals surface area contributed by atoms with Gasteiger partial charge in [0.2, 0.25) is 0 Å². The van der Waals surface area contributed by atoms with E-state index in [0.29, 0.717) is 5.75 Å². The number of hydrogen-bond acceptors (Lipinski definition) is 4. The number of hydrogen-bond donors (Lipinski definition) is 0. The molecule has 0 spiro atoms. The summed E-state index contributed by atoms with van der Waals surface area (Å²) < 4.78 is 42.1. The van der Waals surface area contributed by atoms with Gasteiger partial charge in [-0.25, -0.2) is 12.8 Å². The predicted molar refractivity (Wildman–Crippen MR) is 75.8 cm³/mol. The molecule has 2 aromatic carbocycles. The third-order valence-corrected chi connectivity index (χ3v) is 4.53. The summed E-state index contributed by atoms with van der Waals surface area (Å²) in [6.45, 7) is 0. The Kier molecular flexibility index (Phi) is 4.37. The standard InChI is InChI=1S/C15H13FO4S/c1-20-15-5-3-2-4-13(15)14(17)10-21(18,19)12-8-6-11(16)7-9-12/h2-9H,10H2,1H3. The highest BCUT2D eigenvalue weighted by Gasteiger charge is 2.22. The summed E-state index contributed by atoms with van der Waals surface area (Å²) in [5, 5.41) is 0. The Morgan fingerprint density at radius 3 is 2.33 bits per heavy atom. The number of carbonyl (C=O) groups is 1. The molecule has 0 aliphatic carbocycles. The van der Waals surface area contributed by atoms with Crippen LogP contribution in [0.5, 0.6) is 5.75 Å². The summed E-state index contributed by atoms with van der Waals surface area (Å²) in [4.78, 5) is 12.1. The average molecular weight is 308 g/mol. The highest BCUT2D eigenvalue weighted by atomic mass is 32.2. The van der Waals surface area contributed by atoms with Crippen molar-refractivity contribution in [1.82, 2.24) is 0 Å². The van der Waals surface area contributed by atoms with E-state index in [2.05, 4.69) is 0 Å². The minimum Gasteiger partial charge on any atom is -0.496 e. The first-order valence-corrected chi connectivity index (χ1v) is 7.74. The maximum atomic E-state index is 12.8. The molecule has 0 aliphatic rings. The number of halogens is 1. The lowest BCUT2D eigenvalue weighted by Gasteiger charge is -2.08. The van der Waals surface area contributed by atoms with Crippen molar-refractivity contribution in [3.05, 3.63) is 59.9 Å². The molecule has 0 fully saturated rings. The molecule has 0 bridgehead atoms. The van der Waals surface area contributed by atoms with Crippen LogP contribution in [0.4, 0.5) is 4.39 Å². The van der Waals surface area contributed by atoms with Gasteiger partial charge in [0.05, 0.1) is 17.6 Å². The molecule has 0 amide bonds. The Morgan fingerprint density at radius 1 is 1.10 bits per heavy atom. The monoisotopic (exact) mass is 308 g/mol. The van der Waals surface area contributed by atoms with Gasteiger partial charge in [-0.1, -0.05) is 12.1 Å². The van der Waals surface area contributed by atoms with Crippen molar-refractivity contribution in [2.45, 2.75) is 4.90 Å². The normalized spacial score (nSPS) is 11.1. The van der Waals surface area contributed by atoms with Crippen molar-refractivity contribution < 1.29 is 22.3 Å². The number of sulfone groups is 1. The zero-order valence-corrected chi connectivity index (χ0v) is 12.1. The molecule has 0 unspecified atom stereocenters. The van der Waals surface area contributed by atoms with Gasteiger partial charge in [-0.05, 0) is 36.4 Å². The van der Waals surface area contributed by atoms with E-state index < -0.39 is 27.2 Å². The first-order chi connectivity index (χ1) is 9.94. The lowest BCUT2D eigenvalue weighted by Crippen LogP contribution is -2.17. The van der Waals surface area contributed by atoms with Crippen molar-refractivity contribution >= 4 is 15.6 Å². The van der Waals surface area contributed by atoms with E-state index in [1.807, 2.05) is 0 Å². The number of rotatable bonds is 5. The Labute approximate surface area is 122 Å². The predicted octanol–water partition coefficient (Wildman–Crippen LogP) is 2.49. The molecular formula is C15H13FO4S. The topological polar surface area (TPSA) is 60.4 Å². The third-order valence-electron chi connectivity index (χ3n) is 2.90. The zero-order chi connectivity index (χ0) is 15.5. The molecule has 0 aromatic heterocycles. The minimum absolute atomic E-state index is 0.0906. The molecule has 21 heavy (non-hydrogen) atoms. The molecule has 6 heteroatoms. The second-order valence-corrected chi connectivity index (χ2v) is 6.33. The van der Waals surface area contributed by atoms with Gasteiger partial charge < -0.3 is 4.74 Å². The van der Waals surface area contributed by atoms with Gasteiger partial charge in [0.1, 0.15) is 17.3 Å². The van der Waals surface area contributed by atoms with Crippen molar-refractivity contribution in [2.75, 3.05) is 12.9 Å². The molecule has 0 radical (unpaired) electrons. The lowest BCUT2D eigenvalue weighted by molar-refractivity contribution is 0.101. The van der Waals surface area contributed by atoms with E-state index in [-0.39, 0.29) is 10.5 Å². The first-order valence-electron chi connectivity index (χ1n) is 6.08. The summed E-state index contributed by atoms with van der Waals surface area (Å²) in [5.74, 6) is -1.49. The fourth-order valence-corrected chi connectivity index (χ4v) is 3.07. The highest BCUT2D eigenvalue weighted by Crippen LogP contribution is 2.20. The van der Waals surface area contributed by atoms with Gasteiger partial charge in [-0.15, -0.1) is 0 Å². The number of ether oxygens (including phenoxy) is 1. The van der Waals surface area contributed by atoms with E-state index in [4.69, 9.17) is 4.74 Å². The van der Waals surface area contributed by atoms with Crippen LogP contribution in [0.15, 0.2) is 53.4 Å². The largest absolute Gasteiger partial charge is 0.496 e. The molecule has 110 valence electrons. The molecule has 0 atom stereocenters. The zero-order valence-electron chi connectivity index (χ0n) is 11.2. The summed E-state index contributed by atoms with van der Waals surface area (Å²) in [5.41, 5.74) is 0.200. The molecule has 0 aliphatic heterocycles. The Morgan fingerprint density at radius 2 is 1.71 bits per heavy atom. The SMILES string of the molecule is COc1ccccc1C(=O)CS(=O)(=O)c1ccc(F)cc1. The number of carbonyl (C=O) groups excluding carboxylic acids is 1. The van der Waals surface area contributed by atoms with Crippen LogP contribution < -0.4 is 4.74 Å².